The Morgan fingerprint density at radius 2 is 2.00 bits per heavy atom. The van der Waals surface area contributed by atoms with E-state index in [0.717, 1.165) is 44.8 Å². The number of nitrogens with zero attached hydrogens (tertiary/aromatic N) is 2. The van der Waals surface area contributed by atoms with E-state index >= 15 is 0 Å². The Morgan fingerprint density at radius 3 is 2.47 bits per heavy atom. The van der Waals surface area contributed by atoms with E-state index in [0.29, 0.717) is 0 Å². The van der Waals surface area contributed by atoms with Gasteiger partial charge in [-0.25, -0.2) is 0 Å². The second-order valence-corrected chi connectivity index (χ2v) is 5.53. The molecule has 0 amide bonds. The number of nitriles is 1. The predicted octanol–water partition coefficient (Wildman–Crippen LogP) is 1.28. The van der Waals surface area contributed by atoms with E-state index in [-0.39, 0.29) is 0 Å². The molecule has 1 atom stereocenters. The van der Waals surface area contributed by atoms with Crippen molar-refractivity contribution in [3.63, 3.8) is 0 Å². The summed E-state index contributed by atoms with van der Waals surface area (Å²) in [6.07, 6.45) is 6.29. The topological polar surface area (TPSA) is 47.3 Å². The average molecular weight is 206 g/mol. The number of hydrogen-bond acceptors (Lipinski definition) is 3. The highest BCUT2D eigenvalue weighted by Crippen LogP contribution is 2.53. The fourth-order valence-corrected chi connectivity index (χ4v) is 3.18. The molecule has 0 aromatic carbocycles. The second kappa shape index (κ2) is 2.96. The first-order chi connectivity index (χ1) is 7.19. The van der Waals surface area contributed by atoms with E-state index in [1.54, 1.807) is 0 Å². The van der Waals surface area contributed by atoms with Crippen molar-refractivity contribution in [2.24, 2.45) is 5.41 Å². The summed E-state index contributed by atoms with van der Waals surface area (Å²) in [7, 11) is 0. The van der Waals surface area contributed by atoms with Gasteiger partial charge in [-0.3, -0.25) is 4.90 Å². The predicted molar refractivity (Wildman–Crippen MR) is 56.1 cm³/mol. The lowest BCUT2D eigenvalue weighted by molar-refractivity contribution is -0.0848. The van der Waals surface area contributed by atoms with Gasteiger partial charge < -0.3 is 5.11 Å². The van der Waals surface area contributed by atoms with E-state index < -0.39 is 11.0 Å². The lowest BCUT2D eigenvalue weighted by atomic mass is 9.59. The van der Waals surface area contributed by atoms with Crippen LogP contribution in [0.5, 0.6) is 0 Å². The second-order valence-electron chi connectivity index (χ2n) is 5.53. The molecule has 1 unspecified atom stereocenters. The molecular weight excluding hydrogens is 188 g/mol. The molecule has 2 aliphatic carbocycles. The first-order valence-electron chi connectivity index (χ1n) is 6.07. The van der Waals surface area contributed by atoms with Crippen LogP contribution in [-0.2, 0) is 0 Å². The fraction of sp³-hybridized carbons (Fsp3) is 0.917. The van der Waals surface area contributed by atoms with Crippen LogP contribution in [0, 0.1) is 16.7 Å². The highest BCUT2D eigenvalue weighted by Gasteiger charge is 2.58. The lowest BCUT2D eigenvalue weighted by Crippen LogP contribution is -2.53. The van der Waals surface area contributed by atoms with Gasteiger partial charge in [-0.15, -0.1) is 0 Å². The number of hydrogen-bond donors (Lipinski definition) is 1. The Hall–Kier alpha value is -0.590. The van der Waals surface area contributed by atoms with Gasteiger partial charge in [0.05, 0.1) is 17.1 Å². The van der Waals surface area contributed by atoms with Crippen molar-refractivity contribution in [3.8, 4) is 6.07 Å². The highest BCUT2D eigenvalue weighted by atomic mass is 16.3. The first-order valence-corrected chi connectivity index (χ1v) is 6.07. The van der Waals surface area contributed by atoms with Crippen molar-refractivity contribution in [2.45, 2.75) is 50.2 Å². The normalized spacial score (nSPS) is 39.7. The quantitative estimate of drug-likeness (QED) is 0.740. The third kappa shape index (κ3) is 1.25. The summed E-state index contributed by atoms with van der Waals surface area (Å²) in [4.78, 5) is 2.39. The summed E-state index contributed by atoms with van der Waals surface area (Å²) in [6, 6.07) is 3.12. The van der Waals surface area contributed by atoms with E-state index in [2.05, 4.69) is 11.0 Å². The van der Waals surface area contributed by atoms with E-state index in [4.69, 9.17) is 0 Å². The first kappa shape index (κ1) is 9.62. The van der Waals surface area contributed by atoms with E-state index in [1.807, 2.05) is 0 Å². The molecule has 3 nitrogen and oxygen atoms in total. The maximum Gasteiger partial charge on any atom is 0.0971 e. The van der Waals surface area contributed by atoms with Crippen LogP contribution in [0.25, 0.3) is 0 Å². The number of likely N-dealkylation sites (tertiary alicyclic amines) is 1. The van der Waals surface area contributed by atoms with Gasteiger partial charge in [-0.05, 0) is 32.1 Å². The van der Waals surface area contributed by atoms with Crippen LogP contribution < -0.4 is 0 Å². The van der Waals surface area contributed by atoms with Crippen molar-refractivity contribution in [3.05, 3.63) is 0 Å². The molecule has 1 N–H and O–H groups in total. The summed E-state index contributed by atoms with van der Waals surface area (Å²) >= 11 is 0. The molecule has 1 aliphatic heterocycles. The number of β-amino-alcohol motifs (C(OH)–C–C–N with tert-alkyl or cyclic N) is 1. The van der Waals surface area contributed by atoms with Crippen LogP contribution in [0.2, 0.25) is 0 Å². The molecule has 0 aromatic rings. The summed E-state index contributed by atoms with van der Waals surface area (Å²) in [5, 5.41) is 19.9. The van der Waals surface area contributed by atoms with Crippen molar-refractivity contribution in [1.82, 2.24) is 4.90 Å². The molecule has 3 heteroatoms. The Kier molecular flexibility index (Phi) is 1.90. The smallest absolute Gasteiger partial charge is 0.0971 e. The maximum absolute atomic E-state index is 10.6. The van der Waals surface area contributed by atoms with Crippen LogP contribution >= 0.6 is 0 Å². The maximum atomic E-state index is 10.6. The average Bonchev–Trinajstić information content (AvgIpc) is 2.90. The molecule has 0 spiro atoms. The Labute approximate surface area is 90.7 Å². The molecule has 82 valence electrons. The minimum absolute atomic E-state index is 0.406. The third-order valence-corrected chi connectivity index (χ3v) is 4.65. The van der Waals surface area contributed by atoms with Crippen LogP contribution in [0.15, 0.2) is 0 Å². The van der Waals surface area contributed by atoms with E-state index in [1.165, 1.54) is 12.8 Å². The van der Waals surface area contributed by atoms with Gasteiger partial charge in [0.1, 0.15) is 0 Å². The van der Waals surface area contributed by atoms with Gasteiger partial charge in [0.2, 0.25) is 0 Å². The molecule has 0 aromatic heterocycles. The van der Waals surface area contributed by atoms with Gasteiger partial charge in [-0.1, -0.05) is 6.42 Å². The Morgan fingerprint density at radius 1 is 1.27 bits per heavy atom. The summed E-state index contributed by atoms with van der Waals surface area (Å²) in [6.45, 7) is 1.73. The zero-order valence-electron chi connectivity index (χ0n) is 9.08. The summed E-state index contributed by atoms with van der Waals surface area (Å²) < 4.78 is 0. The number of rotatable bonds is 2. The van der Waals surface area contributed by atoms with Gasteiger partial charge in [0, 0.05) is 19.1 Å². The largest absolute Gasteiger partial charge is 0.387 e. The van der Waals surface area contributed by atoms with Crippen LogP contribution in [0.1, 0.15) is 38.5 Å². The minimum Gasteiger partial charge on any atom is -0.387 e. The number of aliphatic hydroxyl groups is 1. The standard InChI is InChI=1S/C12H18N2O/c13-8-11(4-1-5-11)12(15)6-7-14(9-12)10-2-3-10/h10,15H,1-7,9H2. The fourth-order valence-electron chi connectivity index (χ4n) is 3.18. The van der Waals surface area contributed by atoms with Crippen molar-refractivity contribution in [2.75, 3.05) is 13.1 Å². The highest BCUT2D eigenvalue weighted by molar-refractivity contribution is 5.19. The molecule has 0 radical (unpaired) electrons. The van der Waals surface area contributed by atoms with Gasteiger partial charge >= 0.3 is 0 Å². The zero-order valence-corrected chi connectivity index (χ0v) is 9.08. The monoisotopic (exact) mass is 206 g/mol. The zero-order chi connectivity index (χ0) is 10.5. The molecule has 3 rings (SSSR count). The Bertz CT molecular complexity index is 314. The SMILES string of the molecule is N#CC1(C2(O)CCN(C3CC3)C2)CCC1. The summed E-state index contributed by atoms with van der Waals surface area (Å²) in [5.41, 5.74) is -1.11. The molecule has 1 heterocycles. The summed E-state index contributed by atoms with van der Waals surface area (Å²) in [5.74, 6) is 0. The van der Waals surface area contributed by atoms with Gasteiger partial charge in [0.15, 0.2) is 0 Å². The molecule has 0 bridgehead atoms. The molecular formula is C12H18N2O. The van der Waals surface area contributed by atoms with Crippen LogP contribution in [-0.4, -0.2) is 34.7 Å². The molecule has 3 fully saturated rings. The van der Waals surface area contributed by atoms with Crippen LogP contribution in [0.3, 0.4) is 0 Å². The van der Waals surface area contributed by atoms with E-state index in [9.17, 15) is 10.4 Å². The van der Waals surface area contributed by atoms with Crippen molar-refractivity contribution in [1.29, 1.82) is 5.26 Å². The third-order valence-electron chi connectivity index (χ3n) is 4.65. The van der Waals surface area contributed by atoms with Crippen molar-refractivity contribution >= 4 is 0 Å². The minimum atomic E-state index is -0.706. The molecule has 2 saturated carbocycles. The van der Waals surface area contributed by atoms with Gasteiger partial charge in [-0.2, -0.15) is 5.26 Å². The molecule has 1 saturated heterocycles. The molecule has 15 heavy (non-hydrogen) atoms. The molecule has 3 aliphatic rings. The Balaban J connectivity index is 1.77. The van der Waals surface area contributed by atoms with Crippen LogP contribution in [0.4, 0.5) is 0 Å². The van der Waals surface area contributed by atoms with Gasteiger partial charge in [0.25, 0.3) is 0 Å². The van der Waals surface area contributed by atoms with Crippen molar-refractivity contribution < 1.29 is 5.11 Å². The lowest BCUT2D eigenvalue weighted by Gasteiger charge is -2.46.